The van der Waals surface area contributed by atoms with Crippen LogP contribution in [0.4, 0.5) is 0 Å². The quantitative estimate of drug-likeness (QED) is 0.624. The molecule has 0 radical (unpaired) electrons. The number of esters is 1. The minimum absolute atomic E-state index is 0.144. The van der Waals surface area contributed by atoms with E-state index in [-0.39, 0.29) is 30.9 Å². The highest BCUT2D eigenvalue weighted by Crippen LogP contribution is 2.27. The first-order valence-electron chi connectivity index (χ1n) is 8.17. The van der Waals surface area contributed by atoms with Crippen molar-refractivity contribution in [1.82, 2.24) is 5.32 Å². The van der Waals surface area contributed by atoms with Crippen LogP contribution < -0.4 is 5.32 Å². The van der Waals surface area contributed by atoms with Crippen molar-refractivity contribution in [2.45, 2.75) is 39.7 Å². The van der Waals surface area contributed by atoms with Gasteiger partial charge >= 0.3 is 5.97 Å². The Morgan fingerprint density at radius 3 is 2.75 bits per heavy atom. The van der Waals surface area contributed by atoms with Crippen LogP contribution in [-0.2, 0) is 20.7 Å². The van der Waals surface area contributed by atoms with Crippen LogP contribution in [0.1, 0.15) is 38.5 Å². The topological polar surface area (TPSA) is 68.5 Å². The largest absolute Gasteiger partial charge is 0.463 e. The van der Waals surface area contributed by atoms with Gasteiger partial charge in [0, 0.05) is 30.0 Å². The molecular formula is C19H23NO4. The number of fused-ring (bicyclic) bond motifs is 1. The van der Waals surface area contributed by atoms with E-state index >= 15 is 0 Å². The molecule has 0 fully saturated rings. The molecule has 0 aliphatic carbocycles. The third-order valence-electron chi connectivity index (χ3n) is 3.43. The van der Waals surface area contributed by atoms with Crippen LogP contribution in [0.25, 0.3) is 17.0 Å². The summed E-state index contributed by atoms with van der Waals surface area (Å²) in [5.74, 6) is 0.281. The van der Waals surface area contributed by atoms with Crippen molar-refractivity contribution in [1.29, 1.82) is 0 Å². The molecular weight excluding hydrogens is 306 g/mol. The molecule has 0 aliphatic rings. The van der Waals surface area contributed by atoms with Crippen LogP contribution in [0.3, 0.4) is 0 Å². The number of carbonyl (C=O) groups is 2. The van der Waals surface area contributed by atoms with Gasteiger partial charge in [0.25, 0.3) is 0 Å². The molecule has 0 saturated carbocycles. The van der Waals surface area contributed by atoms with Crippen molar-refractivity contribution in [3.63, 3.8) is 0 Å². The van der Waals surface area contributed by atoms with Crippen molar-refractivity contribution in [2.75, 3.05) is 6.54 Å². The van der Waals surface area contributed by atoms with E-state index in [4.69, 9.17) is 9.15 Å². The third kappa shape index (κ3) is 4.72. The number of rotatable bonds is 7. The van der Waals surface area contributed by atoms with Gasteiger partial charge in [-0.2, -0.15) is 0 Å². The van der Waals surface area contributed by atoms with Crippen molar-refractivity contribution in [2.24, 2.45) is 0 Å². The molecule has 0 bridgehead atoms. The van der Waals surface area contributed by atoms with E-state index in [1.807, 2.05) is 31.2 Å². The molecule has 1 aromatic heterocycles. The molecule has 0 unspecified atom stereocenters. The van der Waals surface area contributed by atoms with Crippen LogP contribution in [0, 0.1) is 0 Å². The van der Waals surface area contributed by atoms with Crippen LogP contribution in [0.15, 0.2) is 34.8 Å². The predicted octanol–water partition coefficient (Wildman–Crippen LogP) is 3.47. The molecule has 1 aromatic carbocycles. The maximum absolute atomic E-state index is 11.9. The molecule has 1 amide bonds. The highest BCUT2D eigenvalue weighted by Gasteiger charge is 2.10. The van der Waals surface area contributed by atoms with Crippen LogP contribution in [0.5, 0.6) is 0 Å². The summed E-state index contributed by atoms with van der Waals surface area (Å²) in [7, 11) is 0. The van der Waals surface area contributed by atoms with E-state index in [0.717, 1.165) is 28.7 Å². The first-order valence-corrected chi connectivity index (χ1v) is 8.17. The Balaban J connectivity index is 1.96. The van der Waals surface area contributed by atoms with Gasteiger partial charge in [-0.25, -0.2) is 0 Å². The fourth-order valence-corrected chi connectivity index (χ4v) is 2.39. The summed E-state index contributed by atoms with van der Waals surface area (Å²) in [6, 6.07) is 7.74. The Morgan fingerprint density at radius 1 is 1.29 bits per heavy atom. The number of ether oxygens (including phenoxy) is 1. The Hall–Kier alpha value is -2.56. The average Bonchev–Trinajstić information content (AvgIpc) is 2.90. The van der Waals surface area contributed by atoms with Gasteiger partial charge in [-0.3, -0.25) is 9.59 Å². The van der Waals surface area contributed by atoms with Crippen molar-refractivity contribution in [3.05, 3.63) is 41.7 Å². The Morgan fingerprint density at radius 2 is 2.04 bits per heavy atom. The normalized spacial score (nSPS) is 11.3. The first-order chi connectivity index (χ1) is 11.5. The Labute approximate surface area is 141 Å². The number of hydrogen-bond acceptors (Lipinski definition) is 4. The number of benzene rings is 1. The van der Waals surface area contributed by atoms with Gasteiger partial charge in [-0.1, -0.05) is 25.1 Å². The molecule has 0 aliphatic heterocycles. The highest BCUT2D eigenvalue weighted by atomic mass is 16.5. The number of hydrogen-bond donors (Lipinski definition) is 1. The van der Waals surface area contributed by atoms with E-state index in [1.54, 1.807) is 19.9 Å². The van der Waals surface area contributed by atoms with Gasteiger partial charge in [-0.15, -0.1) is 0 Å². The smallest absolute Gasteiger partial charge is 0.307 e. The molecule has 24 heavy (non-hydrogen) atoms. The Kier molecular flexibility index (Phi) is 6.18. The summed E-state index contributed by atoms with van der Waals surface area (Å²) in [5, 5.41) is 3.66. The molecule has 0 spiro atoms. The minimum atomic E-state index is -0.316. The number of carbonyl (C=O) groups excluding carboxylic acids is 2. The maximum atomic E-state index is 11.9. The molecule has 0 saturated heterocycles. The van der Waals surface area contributed by atoms with Gasteiger partial charge in [-0.05, 0) is 26.0 Å². The van der Waals surface area contributed by atoms with Gasteiger partial charge in [0.05, 0.1) is 12.5 Å². The second-order valence-electron chi connectivity index (χ2n) is 5.70. The van der Waals surface area contributed by atoms with Crippen molar-refractivity contribution >= 4 is 28.9 Å². The van der Waals surface area contributed by atoms with Gasteiger partial charge in [0.15, 0.2) is 0 Å². The average molecular weight is 329 g/mol. The summed E-state index contributed by atoms with van der Waals surface area (Å²) < 4.78 is 10.8. The first kappa shape index (κ1) is 17.8. The summed E-state index contributed by atoms with van der Waals surface area (Å²) in [6.45, 7) is 5.84. The minimum Gasteiger partial charge on any atom is -0.463 e. The number of aryl methyl sites for hydroxylation is 1. The van der Waals surface area contributed by atoms with E-state index in [0.29, 0.717) is 0 Å². The van der Waals surface area contributed by atoms with Gasteiger partial charge < -0.3 is 14.5 Å². The van der Waals surface area contributed by atoms with E-state index < -0.39 is 0 Å². The zero-order valence-corrected chi connectivity index (χ0v) is 14.3. The summed E-state index contributed by atoms with van der Waals surface area (Å²) >= 11 is 0. The number of amides is 1. The lowest BCUT2D eigenvalue weighted by Crippen LogP contribution is -2.25. The molecule has 0 atom stereocenters. The second-order valence-corrected chi connectivity index (χ2v) is 5.70. The van der Waals surface area contributed by atoms with Crippen molar-refractivity contribution < 1.29 is 18.7 Å². The monoisotopic (exact) mass is 329 g/mol. The molecule has 2 rings (SSSR count). The zero-order valence-electron chi connectivity index (χ0n) is 14.3. The van der Waals surface area contributed by atoms with Crippen LogP contribution >= 0.6 is 0 Å². The van der Waals surface area contributed by atoms with Gasteiger partial charge in [0.1, 0.15) is 11.3 Å². The third-order valence-corrected chi connectivity index (χ3v) is 3.43. The molecule has 2 aromatic rings. The number of nitrogens with one attached hydrogen (secondary N) is 1. The molecule has 128 valence electrons. The van der Waals surface area contributed by atoms with E-state index in [1.165, 1.54) is 6.08 Å². The fraction of sp³-hybridized carbons (Fsp3) is 0.368. The SMILES string of the molecule is CCc1oc2ccccc2c1/C=C/C(=O)NCCC(=O)OC(C)C. The lowest BCUT2D eigenvalue weighted by atomic mass is 10.1. The molecule has 5 heteroatoms. The van der Waals surface area contributed by atoms with Crippen LogP contribution in [0.2, 0.25) is 0 Å². The Bertz CT molecular complexity index is 743. The molecule has 1 heterocycles. The number of furan rings is 1. The second kappa shape index (κ2) is 8.34. The van der Waals surface area contributed by atoms with Crippen LogP contribution in [-0.4, -0.2) is 24.5 Å². The van der Waals surface area contributed by atoms with Gasteiger partial charge in [0.2, 0.25) is 5.91 Å². The van der Waals surface area contributed by atoms with Crippen molar-refractivity contribution in [3.8, 4) is 0 Å². The summed E-state index contributed by atoms with van der Waals surface area (Å²) in [6.07, 6.45) is 3.98. The fourth-order valence-electron chi connectivity index (χ4n) is 2.39. The lowest BCUT2D eigenvalue weighted by molar-refractivity contribution is -0.147. The predicted molar refractivity (Wildman–Crippen MR) is 93.5 cm³/mol. The summed E-state index contributed by atoms with van der Waals surface area (Å²) in [5.41, 5.74) is 1.73. The van der Waals surface area contributed by atoms with E-state index in [2.05, 4.69) is 5.32 Å². The summed E-state index contributed by atoms with van der Waals surface area (Å²) in [4.78, 5) is 23.3. The number of para-hydroxylation sites is 1. The lowest BCUT2D eigenvalue weighted by Gasteiger charge is -2.07. The highest BCUT2D eigenvalue weighted by molar-refractivity contribution is 5.96. The maximum Gasteiger partial charge on any atom is 0.307 e. The molecule has 5 nitrogen and oxygen atoms in total. The standard InChI is InChI=1S/C19H23NO4/c1-4-16-15(14-7-5-6-8-17(14)24-16)9-10-18(21)20-12-11-19(22)23-13(2)3/h5-10,13H,4,11-12H2,1-3H3,(H,20,21)/b10-9+. The molecule has 1 N–H and O–H groups in total. The van der Waals surface area contributed by atoms with E-state index in [9.17, 15) is 9.59 Å². The zero-order chi connectivity index (χ0) is 17.5.